The van der Waals surface area contributed by atoms with Gasteiger partial charge in [-0.3, -0.25) is 9.69 Å². The van der Waals surface area contributed by atoms with Crippen LogP contribution in [0.4, 0.5) is 0 Å². The molecule has 2 aromatic carbocycles. The number of carbonyl (C=O) groups is 1. The van der Waals surface area contributed by atoms with Gasteiger partial charge in [0.2, 0.25) is 0 Å². The van der Waals surface area contributed by atoms with E-state index >= 15 is 0 Å². The van der Waals surface area contributed by atoms with Crippen LogP contribution in [0.25, 0.3) is 11.1 Å². The Labute approximate surface area is 126 Å². The van der Waals surface area contributed by atoms with E-state index in [1.165, 1.54) is 41.6 Å². The Hall–Kier alpha value is -1.93. The van der Waals surface area contributed by atoms with Gasteiger partial charge in [0, 0.05) is 11.6 Å². The van der Waals surface area contributed by atoms with E-state index in [1.54, 1.807) is 0 Å². The molecule has 1 atom stereocenters. The molecular weight excluding hydrogens is 258 g/mol. The summed E-state index contributed by atoms with van der Waals surface area (Å²) in [6.07, 6.45) is 3.42. The summed E-state index contributed by atoms with van der Waals surface area (Å²) in [7, 11) is 2.21. The molecule has 2 heteroatoms. The van der Waals surface area contributed by atoms with Crippen LogP contribution in [0.15, 0.2) is 42.5 Å². The highest BCUT2D eigenvalue weighted by molar-refractivity contribution is 5.77. The minimum absolute atomic E-state index is 0.565. The fourth-order valence-corrected chi connectivity index (χ4v) is 3.29. The van der Waals surface area contributed by atoms with Crippen molar-refractivity contribution in [3.05, 3.63) is 59.2 Å². The molecule has 0 spiro atoms. The topological polar surface area (TPSA) is 20.3 Å². The summed E-state index contributed by atoms with van der Waals surface area (Å²) in [5, 5.41) is 0. The molecule has 1 heterocycles. The van der Waals surface area contributed by atoms with E-state index < -0.39 is 0 Å². The second kappa shape index (κ2) is 5.82. The maximum Gasteiger partial charge on any atom is 0.150 e. The Morgan fingerprint density at radius 1 is 1.14 bits per heavy atom. The van der Waals surface area contributed by atoms with Crippen molar-refractivity contribution in [2.75, 3.05) is 13.6 Å². The fraction of sp³-hybridized carbons (Fsp3) is 0.316. The molecule has 1 saturated heterocycles. The van der Waals surface area contributed by atoms with Crippen molar-refractivity contribution in [2.45, 2.75) is 25.8 Å². The normalized spacial score (nSPS) is 18.9. The van der Waals surface area contributed by atoms with Gasteiger partial charge in [-0.15, -0.1) is 0 Å². The maximum atomic E-state index is 10.7. The molecule has 3 rings (SSSR count). The van der Waals surface area contributed by atoms with E-state index in [4.69, 9.17) is 0 Å². The van der Waals surface area contributed by atoms with Gasteiger partial charge < -0.3 is 0 Å². The van der Waals surface area contributed by atoms with Gasteiger partial charge in [0.25, 0.3) is 0 Å². The Bertz CT molecular complexity index is 645. The van der Waals surface area contributed by atoms with Crippen LogP contribution in [-0.4, -0.2) is 24.8 Å². The van der Waals surface area contributed by atoms with E-state index in [9.17, 15) is 4.79 Å². The molecule has 0 N–H and O–H groups in total. The molecule has 0 bridgehead atoms. The third kappa shape index (κ3) is 2.77. The van der Waals surface area contributed by atoms with Crippen molar-refractivity contribution in [1.82, 2.24) is 4.90 Å². The van der Waals surface area contributed by atoms with Gasteiger partial charge >= 0.3 is 0 Å². The number of rotatable bonds is 3. The van der Waals surface area contributed by atoms with Gasteiger partial charge in [0.05, 0.1) is 0 Å². The molecule has 1 aliphatic heterocycles. The van der Waals surface area contributed by atoms with Crippen LogP contribution in [0.2, 0.25) is 0 Å². The second-order valence-corrected chi connectivity index (χ2v) is 5.95. The molecule has 0 aromatic heterocycles. The largest absolute Gasteiger partial charge is 0.299 e. The zero-order valence-corrected chi connectivity index (χ0v) is 12.7. The lowest BCUT2D eigenvalue weighted by molar-refractivity contribution is 0.112. The monoisotopic (exact) mass is 279 g/mol. The zero-order valence-electron chi connectivity index (χ0n) is 12.7. The molecule has 0 saturated carbocycles. The van der Waals surface area contributed by atoms with E-state index in [-0.39, 0.29) is 0 Å². The van der Waals surface area contributed by atoms with Gasteiger partial charge in [0.15, 0.2) is 0 Å². The Morgan fingerprint density at radius 2 is 1.90 bits per heavy atom. The molecule has 1 aliphatic rings. The standard InChI is InChI=1S/C19H21NO/c1-14-12-17(19-4-3-11-20(19)2)9-10-18(14)16-7-5-15(13-21)6-8-16/h5-10,12-13,19H,3-4,11H2,1-2H3. The molecule has 2 nitrogen and oxygen atoms in total. The van der Waals surface area contributed by atoms with E-state index in [0.717, 1.165) is 11.8 Å². The van der Waals surface area contributed by atoms with Gasteiger partial charge in [-0.2, -0.15) is 0 Å². The molecular formula is C19H21NO. The summed E-state index contributed by atoms with van der Waals surface area (Å²) in [6, 6.07) is 15.1. The van der Waals surface area contributed by atoms with Crippen LogP contribution in [0, 0.1) is 6.92 Å². The summed E-state index contributed by atoms with van der Waals surface area (Å²) < 4.78 is 0. The van der Waals surface area contributed by atoms with Crippen molar-refractivity contribution in [2.24, 2.45) is 0 Å². The summed E-state index contributed by atoms with van der Waals surface area (Å²) in [6.45, 7) is 3.36. The first-order valence-electron chi connectivity index (χ1n) is 7.55. The van der Waals surface area contributed by atoms with Gasteiger partial charge in [-0.05, 0) is 55.6 Å². The first-order valence-corrected chi connectivity index (χ1v) is 7.55. The number of likely N-dealkylation sites (tertiary alicyclic amines) is 1. The lowest BCUT2D eigenvalue weighted by atomic mass is 9.95. The predicted molar refractivity (Wildman–Crippen MR) is 86.6 cm³/mol. The van der Waals surface area contributed by atoms with Crippen molar-refractivity contribution < 1.29 is 4.79 Å². The quantitative estimate of drug-likeness (QED) is 0.783. The predicted octanol–water partition coefficient (Wildman–Crippen LogP) is 4.24. The van der Waals surface area contributed by atoms with Crippen molar-refractivity contribution >= 4 is 6.29 Å². The Morgan fingerprint density at radius 3 is 2.48 bits per heavy atom. The number of aryl methyl sites for hydroxylation is 1. The van der Waals surface area contributed by atoms with Crippen LogP contribution in [0.3, 0.4) is 0 Å². The second-order valence-electron chi connectivity index (χ2n) is 5.95. The molecule has 108 valence electrons. The highest BCUT2D eigenvalue weighted by atomic mass is 16.1. The number of hydrogen-bond donors (Lipinski definition) is 0. The molecule has 1 unspecified atom stereocenters. The smallest absolute Gasteiger partial charge is 0.150 e. The van der Waals surface area contributed by atoms with Crippen LogP contribution in [-0.2, 0) is 0 Å². The lowest BCUT2D eigenvalue weighted by Crippen LogP contribution is -2.17. The van der Waals surface area contributed by atoms with Gasteiger partial charge in [0.1, 0.15) is 6.29 Å². The summed E-state index contributed by atoms with van der Waals surface area (Å²) in [5.41, 5.74) is 5.86. The number of carbonyl (C=O) groups excluding carboxylic acids is 1. The number of nitrogens with zero attached hydrogens (tertiary/aromatic N) is 1. The number of aldehydes is 1. The average molecular weight is 279 g/mol. The van der Waals surface area contributed by atoms with Crippen molar-refractivity contribution in [1.29, 1.82) is 0 Å². The van der Waals surface area contributed by atoms with Crippen molar-refractivity contribution in [3.63, 3.8) is 0 Å². The zero-order chi connectivity index (χ0) is 14.8. The molecule has 2 aromatic rings. The summed E-state index contributed by atoms with van der Waals surface area (Å²) in [5.74, 6) is 0. The number of benzene rings is 2. The fourth-order valence-electron chi connectivity index (χ4n) is 3.29. The van der Waals surface area contributed by atoms with Crippen LogP contribution in [0.1, 0.15) is 40.4 Å². The lowest BCUT2D eigenvalue weighted by Gasteiger charge is -2.21. The number of hydrogen-bond acceptors (Lipinski definition) is 2. The average Bonchev–Trinajstić information content (AvgIpc) is 2.93. The molecule has 0 amide bonds. The minimum atomic E-state index is 0.565. The van der Waals surface area contributed by atoms with Gasteiger partial charge in [-0.1, -0.05) is 42.5 Å². The SMILES string of the molecule is Cc1cc(C2CCCN2C)ccc1-c1ccc(C=O)cc1. The molecule has 0 radical (unpaired) electrons. The Balaban J connectivity index is 1.91. The first kappa shape index (κ1) is 14.0. The van der Waals surface area contributed by atoms with Crippen LogP contribution >= 0.6 is 0 Å². The van der Waals surface area contributed by atoms with E-state index in [1.807, 2.05) is 24.3 Å². The van der Waals surface area contributed by atoms with Crippen LogP contribution < -0.4 is 0 Å². The third-order valence-corrected chi connectivity index (χ3v) is 4.51. The third-order valence-electron chi connectivity index (χ3n) is 4.51. The summed E-state index contributed by atoms with van der Waals surface area (Å²) in [4.78, 5) is 13.2. The van der Waals surface area contributed by atoms with Crippen molar-refractivity contribution in [3.8, 4) is 11.1 Å². The highest BCUT2D eigenvalue weighted by Gasteiger charge is 2.22. The first-order chi connectivity index (χ1) is 10.2. The van der Waals surface area contributed by atoms with E-state index in [0.29, 0.717) is 6.04 Å². The molecule has 0 aliphatic carbocycles. The minimum Gasteiger partial charge on any atom is -0.299 e. The van der Waals surface area contributed by atoms with E-state index in [2.05, 4.69) is 37.1 Å². The van der Waals surface area contributed by atoms with Crippen LogP contribution in [0.5, 0.6) is 0 Å². The molecule has 1 fully saturated rings. The Kier molecular flexibility index (Phi) is 3.89. The highest BCUT2D eigenvalue weighted by Crippen LogP contribution is 2.33. The molecule has 21 heavy (non-hydrogen) atoms. The van der Waals surface area contributed by atoms with Gasteiger partial charge in [-0.25, -0.2) is 0 Å². The summed E-state index contributed by atoms with van der Waals surface area (Å²) >= 11 is 0. The maximum absolute atomic E-state index is 10.7.